The molecule has 136 valence electrons. The SMILES string of the molecule is COc1ccc(Br)c(CNC(C)(C)CO)c1OCc1ccc(C)cc1. The summed E-state index contributed by atoms with van der Waals surface area (Å²) in [7, 11) is 1.64. The van der Waals surface area contributed by atoms with Crippen LogP contribution in [0.1, 0.15) is 30.5 Å². The van der Waals surface area contributed by atoms with E-state index in [1.165, 1.54) is 5.56 Å². The van der Waals surface area contributed by atoms with Crippen molar-refractivity contribution in [3.8, 4) is 11.5 Å². The summed E-state index contributed by atoms with van der Waals surface area (Å²) in [5.74, 6) is 1.40. The highest BCUT2D eigenvalue weighted by molar-refractivity contribution is 9.10. The first kappa shape index (κ1) is 19.8. The van der Waals surface area contributed by atoms with Crippen LogP contribution in [0.15, 0.2) is 40.9 Å². The number of methoxy groups -OCH3 is 1. The van der Waals surface area contributed by atoms with Gasteiger partial charge in [0.2, 0.25) is 0 Å². The monoisotopic (exact) mass is 407 g/mol. The van der Waals surface area contributed by atoms with Gasteiger partial charge in [-0.1, -0.05) is 45.8 Å². The van der Waals surface area contributed by atoms with Crippen molar-refractivity contribution in [3.63, 3.8) is 0 Å². The van der Waals surface area contributed by atoms with Crippen LogP contribution in [0.3, 0.4) is 0 Å². The fraction of sp³-hybridized carbons (Fsp3) is 0.400. The van der Waals surface area contributed by atoms with Crippen molar-refractivity contribution in [1.29, 1.82) is 0 Å². The highest BCUT2D eigenvalue weighted by Gasteiger charge is 2.20. The topological polar surface area (TPSA) is 50.7 Å². The first-order chi connectivity index (χ1) is 11.9. The van der Waals surface area contributed by atoms with E-state index in [1.807, 2.05) is 26.0 Å². The molecule has 0 fully saturated rings. The summed E-state index contributed by atoms with van der Waals surface area (Å²) in [5, 5.41) is 12.8. The van der Waals surface area contributed by atoms with E-state index in [0.717, 1.165) is 15.6 Å². The third-order valence-electron chi connectivity index (χ3n) is 4.03. The molecule has 2 N–H and O–H groups in total. The minimum Gasteiger partial charge on any atom is -0.493 e. The van der Waals surface area contributed by atoms with Gasteiger partial charge in [0.25, 0.3) is 0 Å². The number of benzene rings is 2. The molecule has 0 saturated carbocycles. The molecule has 2 aromatic rings. The second kappa shape index (κ2) is 8.70. The second-order valence-electron chi connectivity index (χ2n) is 6.73. The minimum atomic E-state index is -0.378. The van der Waals surface area contributed by atoms with Gasteiger partial charge in [-0.15, -0.1) is 0 Å². The molecule has 2 rings (SSSR count). The third-order valence-corrected chi connectivity index (χ3v) is 4.77. The van der Waals surface area contributed by atoms with Gasteiger partial charge in [0.1, 0.15) is 6.61 Å². The Labute approximate surface area is 158 Å². The zero-order valence-electron chi connectivity index (χ0n) is 15.2. The summed E-state index contributed by atoms with van der Waals surface area (Å²) < 4.78 is 12.5. The summed E-state index contributed by atoms with van der Waals surface area (Å²) in [6.45, 7) is 7.03. The maximum atomic E-state index is 9.46. The van der Waals surface area contributed by atoms with Crippen molar-refractivity contribution in [3.05, 3.63) is 57.6 Å². The van der Waals surface area contributed by atoms with Gasteiger partial charge in [-0.05, 0) is 38.5 Å². The van der Waals surface area contributed by atoms with E-state index >= 15 is 0 Å². The van der Waals surface area contributed by atoms with Crippen LogP contribution in [-0.4, -0.2) is 24.4 Å². The fourth-order valence-electron chi connectivity index (χ4n) is 2.29. The van der Waals surface area contributed by atoms with Crippen molar-refractivity contribution in [2.45, 2.75) is 39.5 Å². The van der Waals surface area contributed by atoms with Crippen LogP contribution in [0.25, 0.3) is 0 Å². The Morgan fingerprint density at radius 2 is 1.80 bits per heavy atom. The molecule has 0 unspecified atom stereocenters. The minimum absolute atomic E-state index is 0.0497. The molecule has 0 aliphatic rings. The van der Waals surface area contributed by atoms with E-state index in [9.17, 15) is 5.11 Å². The molecule has 5 heteroatoms. The molecule has 25 heavy (non-hydrogen) atoms. The lowest BCUT2D eigenvalue weighted by Crippen LogP contribution is -2.42. The largest absolute Gasteiger partial charge is 0.493 e. The van der Waals surface area contributed by atoms with Crippen molar-refractivity contribution < 1.29 is 14.6 Å². The molecule has 0 radical (unpaired) electrons. The number of rotatable bonds is 8. The molecule has 0 saturated heterocycles. The number of nitrogens with one attached hydrogen (secondary N) is 1. The maximum Gasteiger partial charge on any atom is 0.167 e. The van der Waals surface area contributed by atoms with Gasteiger partial charge in [0.15, 0.2) is 11.5 Å². The van der Waals surface area contributed by atoms with Crippen LogP contribution in [0.2, 0.25) is 0 Å². The summed E-state index contributed by atoms with van der Waals surface area (Å²) in [6.07, 6.45) is 0. The van der Waals surface area contributed by atoms with E-state index in [4.69, 9.17) is 9.47 Å². The van der Waals surface area contributed by atoms with E-state index in [2.05, 4.69) is 52.4 Å². The van der Waals surface area contributed by atoms with E-state index in [1.54, 1.807) is 7.11 Å². The number of ether oxygens (including phenoxy) is 2. The Bertz CT molecular complexity index is 699. The van der Waals surface area contributed by atoms with Crippen LogP contribution in [0, 0.1) is 6.92 Å². The number of aliphatic hydroxyl groups is 1. The van der Waals surface area contributed by atoms with Crippen molar-refractivity contribution in [2.75, 3.05) is 13.7 Å². The summed E-state index contributed by atoms with van der Waals surface area (Å²) in [6, 6.07) is 12.1. The van der Waals surface area contributed by atoms with Crippen LogP contribution in [-0.2, 0) is 13.2 Å². The molecule has 0 aliphatic heterocycles. The third kappa shape index (κ3) is 5.46. The summed E-state index contributed by atoms with van der Waals surface area (Å²) in [5.41, 5.74) is 2.91. The van der Waals surface area contributed by atoms with E-state index in [0.29, 0.717) is 24.7 Å². The van der Waals surface area contributed by atoms with Crippen LogP contribution >= 0.6 is 15.9 Å². The van der Waals surface area contributed by atoms with Gasteiger partial charge in [0, 0.05) is 22.1 Å². The number of aryl methyl sites for hydroxylation is 1. The predicted molar refractivity (Wildman–Crippen MR) is 104 cm³/mol. The highest BCUT2D eigenvalue weighted by Crippen LogP contribution is 2.37. The van der Waals surface area contributed by atoms with Gasteiger partial charge in [-0.3, -0.25) is 0 Å². The Morgan fingerprint density at radius 1 is 1.12 bits per heavy atom. The van der Waals surface area contributed by atoms with Crippen molar-refractivity contribution >= 4 is 15.9 Å². The predicted octanol–water partition coefficient (Wildman–Crippen LogP) is 4.21. The lowest BCUT2D eigenvalue weighted by Gasteiger charge is -2.25. The number of aliphatic hydroxyl groups excluding tert-OH is 1. The summed E-state index contributed by atoms with van der Waals surface area (Å²) in [4.78, 5) is 0. The molecule has 4 nitrogen and oxygen atoms in total. The Morgan fingerprint density at radius 3 is 2.40 bits per heavy atom. The lowest BCUT2D eigenvalue weighted by atomic mass is 10.1. The van der Waals surface area contributed by atoms with Gasteiger partial charge in [-0.25, -0.2) is 0 Å². The smallest absolute Gasteiger partial charge is 0.167 e. The Kier molecular flexibility index (Phi) is 6.87. The molecule has 0 spiro atoms. The highest BCUT2D eigenvalue weighted by atomic mass is 79.9. The quantitative estimate of drug-likeness (QED) is 0.687. The average Bonchev–Trinajstić information content (AvgIpc) is 2.60. The van der Waals surface area contributed by atoms with Crippen LogP contribution in [0.5, 0.6) is 11.5 Å². The molecular formula is C20H26BrNO3. The van der Waals surface area contributed by atoms with E-state index in [-0.39, 0.29) is 12.1 Å². The Balaban J connectivity index is 2.24. The van der Waals surface area contributed by atoms with Gasteiger partial charge in [0.05, 0.1) is 13.7 Å². The molecule has 2 aromatic carbocycles. The average molecular weight is 408 g/mol. The molecule has 0 bridgehead atoms. The Hall–Kier alpha value is -1.56. The number of halogens is 1. The first-order valence-corrected chi connectivity index (χ1v) is 9.05. The van der Waals surface area contributed by atoms with E-state index < -0.39 is 0 Å². The van der Waals surface area contributed by atoms with Crippen LogP contribution in [0.4, 0.5) is 0 Å². The zero-order valence-corrected chi connectivity index (χ0v) is 16.8. The number of hydrogen-bond donors (Lipinski definition) is 2. The molecule has 0 amide bonds. The van der Waals surface area contributed by atoms with Gasteiger partial charge >= 0.3 is 0 Å². The summed E-state index contributed by atoms with van der Waals surface area (Å²) >= 11 is 3.60. The molecule has 0 aliphatic carbocycles. The fourth-order valence-corrected chi connectivity index (χ4v) is 2.74. The van der Waals surface area contributed by atoms with Crippen LogP contribution < -0.4 is 14.8 Å². The van der Waals surface area contributed by atoms with Gasteiger partial charge < -0.3 is 19.9 Å². The molecule has 0 aromatic heterocycles. The lowest BCUT2D eigenvalue weighted by molar-refractivity contribution is 0.186. The first-order valence-electron chi connectivity index (χ1n) is 8.26. The van der Waals surface area contributed by atoms with Crippen molar-refractivity contribution in [2.24, 2.45) is 0 Å². The van der Waals surface area contributed by atoms with Crippen molar-refractivity contribution in [1.82, 2.24) is 5.32 Å². The number of hydrogen-bond acceptors (Lipinski definition) is 4. The molecule has 0 atom stereocenters. The zero-order chi connectivity index (χ0) is 18.4. The molecule has 0 heterocycles. The molecular weight excluding hydrogens is 382 g/mol. The van der Waals surface area contributed by atoms with Gasteiger partial charge in [-0.2, -0.15) is 0 Å². The normalized spacial score (nSPS) is 11.4. The standard InChI is InChI=1S/C20H26BrNO3/c1-14-5-7-15(8-6-14)12-25-19-16(11-22-20(2,3)13-23)17(21)9-10-18(19)24-4/h5-10,22-23H,11-13H2,1-4H3. The maximum absolute atomic E-state index is 9.46. The second-order valence-corrected chi connectivity index (χ2v) is 7.58.